The standard InChI is InChI=1S/C22H33N7O8S/c23-13(2-1-7-26-22(24)25)18(33)29-16(10-38)20(35)27-14(8-11-3-5-12(30)6-4-11)19(34)28-15(21(36)37)9-17(31)32/h3-6,13-16,30,38H,1-2,7-10,23H2,(H,27,35)(H,28,34)(H,29,33)(H,31,32)(H,36,37)(H4,24,25,26). The summed E-state index contributed by atoms with van der Waals surface area (Å²) in [6.45, 7) is 0.257. The molecule has 1 rings (SSSR count). The second kappa shape index (κ2) is 15.9. The van der Waals surface area contributed by atoms with Crippen molar-refractivity contribution < 1.29 is 39.3 Å². The Bertz CT molecular complexity index is 1020. The number of nitrogens with two attached hydrogens (primary N) is 3. The Morgan fingerprint density at radius 2 is 1.45 bits per heavy atom. The van der Waals surface area contributed by atoms with Crippen LogP contribution < -0.4 is 33.2 Å². The number of carboxylic acids is 2. The van der Waals surface area contributed by atoms with Gasteiger partial charge in [0, 0.05) is 18.7 Å². The number of thiol groups is 1. The molecule has 0 saturated heterocycles. The molecule has 3 amide bonds. The molecule has 0 aliphatic carbocycles. The van der Waals surface area contributed by atoms with Gasteiger partial charge in [0.15, 0.2) is 5.96 Å². The molecule has 0 aliphatic heterocycles. The number of rotatable bonds is 16. The van der Waals surface area contributed by atoms with Crippen LogP contribution in [0.25, 0.3) is 0 Å². The summed E-state index contributed by atoms with van der Waals surface area (Å²) in [7, 11) is 0. The number of carbonyl (C=O) groups is 5. The number of aromatic hydroxyl groups is 1. The number of aliphatic imine (C=N–C) groups is 1. The number of aliphatic carboxylic acids is 2. The zero-order valence-corrected chi connectivity index (χ0v) is 21.3. The lowest BCUT2D eigenvalue weighted by atomic mass is 10.0. The zero-order chi connectivity index (χ0) is 28.8. The van der Waals surface area contributed by atoms with Gasteiger partial charge in [0.25, 0.3) is 0 Å². The number of phenolic OH excluding ortho intramolecular Hbond substituents is 1. The molecule has 12 N–H and O–H groups in total. The molecule has 16 heteroatoms. The third kappa shape index (κ3) is 11.8. The number of hydrogen-bond donors (Lipinski definition) is 10. The first kappa shape index (κ1) is 32.0. The van der Waals surface area contributed by atoms with Crippen molar-refractivity contribution in [2.24, 2.45) is 22.2 Å². The van der Waals surface area contributed by atoms with E-state index in [0.717, 1.165) is 0 Å². The van der Waals surface area contributed by atoms with E-state index in [1.54, 1.807) is 0 Å². The maximum absolute atomic E-state index is 12.9. The molecule has 0 heterocycles. The topological polar surface area (TPSA) is 273 Å². The van der Waals surface area contributed by atoms with E-state index in [1.807, 2.05) is 0 Å². The first-order valence-corrected chi connectivity index (χ1v) is 12.0. The van der Waals surface area contributed by atoms with Gasteiger partial charge in [-0.25, -0.2) is 4.79 Å². The molecule has 210 valence electrons. The van der Waals surface area contributed by atoms with Crippen LogP contribution in [-0.4, -0.2) is 87.4 Å². The van der Waals surface area contributed by atoms with Gasteiger partial charge in [-0.05, 0) is 30.5 Å². The lowest BCUT2D eigenvalue weighted by molar-refractivity contribution is -0.147. The fourth-order valence-corrected chi connectivity index (χ4v) is 3.38. The highest BCUT2D eigenvalue weighted by Gasteiger charge is 2.31. The Morgan fingerprint density at radius 3 is 1.97 bits per heavy atom. The number of carbonyl (C=O) groups excluding carboxylic acids is 3. The van der Waals surface area contributed by atoms with Crippen LogP contribution in [-0.2, 0) is 30.4 Å². The van der Waals surface area contributed by atoms with Crippen LogP contribution in [0.15, 0.2) is 29.3 Å². The van der Waals surface area contributed by atoms with Crippen molar-refractivity contribution in [1.82, 2.24) is 16.0 Å². The summed E-state index contributed by atoms with van der Waals surface area (Å²) in [5.74, 6) is -5.78. The third-order valence-electron chi connectivity index (χ3n) is 5.12. The largest absolute Gasteiger partial charge is 0.508 e. The van der Waals surface area contributed by atoms with Gasteiger partial charge in [-0.2, -0.15) is 12.6 Å². The molecule has 4 atom stereocenters. The van der Waals surface area contributed by atoms with Crippen LogP contribution >= 0.6 is 12.6 Å². The van der Waals surface area contributed by atoms with Gasteiger partial charge in [-0.15, -0.1) is 0 Å². The molecule has 0 bridgehead atoms. The Labute approximate surface area is 223 Å². The fraction of sp³-hybridized carbons (Fsp3) is 0.455. The molecule has 1 aromatic carbocycles. The first-order chi connectivity index (χ1) is 17.8. The lowest BCUT2D eigenvalue weighted by Gasteiger charge is -2.24. The summed E-state index contributed by atoms with van der Waals surface area (Å²) in [5.41, 5.74) is 16.8. The summed E-state index contributed by atoms with van der Waals surface area (Å²) in [6.07, 6.45) is -0.415. The first-order valence-electron chi connectivity index (χ1n) is 11.4. The Hall–Kier alpha value is -4.05. The third-order valence-corrected chi connectivity index (χ3v) is 5.49. The number of hydrogen-bond acceptors (Lipinski definition) is 9. The minimum atomic E-state index is -1.75. The fourth-order valence-electron chi connectivity index (χ4n) is 3.12. The van der Waals surface area contributed by atoms with E-state index in [9.17, 15) is 34.2 Å². The van der Waals surface area contributed by atoms with Gasteiger partial charge in [0.2, 0.25) is 17.7 Å². The summed E-state index contributed by atoms with van der Waals surface area (Å²) in [6, 6.07) is 0.345. The van der Waals surface area contributed by atoms with Crippen LogP contribution in [0.4, 0.5) is 0 Å². The summed E-state index contributed by atoms with van der Waals surface area (Å²) in [5, 5.41) is 34.7. The number of benzene rings is 1. The molecular weight excluding hydrogens is 522 g/mol. The van der Waals surface area contributed by atoms with Gasteiger partial charge >= 0.3 is 11.9 Å². The van der Waals surface area contributed by atoms with Gasteiger partial charge in [-0.3, -0.25) is 24.2 Å². The van der Waals surface area contributed by atoms with Gasteiger partial charge < -0.3 is 48.5 Å². The maximum atomic E-state index is 12.9. The highest BCUT2D eigenvalue weighted by atomic mass is 32.1. The smallest absolute Gasteiger partial charge is 0.326 e. The van der Waals surface area contributed by atoms with Crippen LogP contribution in [0, 0.1) is 0 Å². The van der Waals surface area contributed by atoms with Gasteiger partial charge in [-0.1, -0.05) is 12.1 Å². The number of amides is 3. The molecule has 0 spiro atoms. The molecule has 0 saturated carbocycles. The maximum Gasteiger partial charge on any atom is 0.326 e. The van der Waals surface area contributed by atoms with Crippen molar-refractivity contribution >= 4 is 48.2 Å². The van der Waals surface area contributed by atoms with Crippen molar-refractivity contribution in [3.8, 4) is 5.75 Å². The van der Waals surface area contributed by atoms with Crippen molar-refractivity contribution in [3.05, 3.63) is 29.8 Å². The molecule has 15 nitrogen and oxygen atoms in total. The summed E-state index contributed by atoms with van der Waals surface area (Å²) < 4.78 is 0. The minimum Gasteiger partial charge on any atom is -0.508 e. The normalized spacial score (nSPS) is 13.7. The molecule has 38 heavy (non-hydrogen) atoms. The quantitative estimate of drug-likeness (QED) is 0.0432. The van der Waals surface area contributed by atoms with Crippen molar-refractivity contribution in [2.45, 2.75) is 49.9 Å². The highest BCUT2D eigenvalue weighted by molar-refractivity contribution is 7.80. The van der Waals surface area contributed by atoms with Crippen LogP contribution in [0.3, 0.4) is 0 Å². The summed E-state index contributed by atoms with van der Waals surface area (Å²) in [4.78, 5) is 64.4. The van der Waals surface area contributed by atoms with E-state index in [-0.39, 0.29) is 36.8 Å². The van der Waals surface area contributed by atoms with E-state index in [1.165, 1.54) is 24.3 Å². The molecule has 4 unspecified atom stereocenters. The minimum absolute atomic E-state index is 0.0429. The molecular formula is C22H33N7O8S. The lowest BCUT2D eigenvalue weighted by Crippen LogP contribution is -2.58. The summed E-state index contributed by atoms with van der Waals surface area (Å²) >= 11 is 4.08. The van der Waals surface area contributed by atoms with E-state index in [4.69, 9.17) is 22.3 Å². The van der Waals surface area contributed by atoms with Crippen LogP contribution in [0.5, 0.6) is 5.75 Å². The molecule has 0 fully saturated rings. The van der Waals surface area contributed by atoms with Crippen molar-refractivity contribution in [3.63, 3.8) is 0 Å². The highest BCUT2D eigenvalue weighted by Crippen LogP contribution is 2.12. The average Bonchev–Trinajstić information content (AvgIpc) is 2.84. The molecule has 0 radical (unpaired) electrons. The number of phenols is 1. The SMILES string of the molecule is NC(N)=NCCCC(N)C(=O)NC(CS)C(=O)NC(Cc1ccc(O)cc1)C(=O)NC(CC(=O)O)C(=O)O. The van der Waals surface area contributed by atoms with E-state index < -0.39 is 60.2 Å². The molecule has 0 aromatic heterocycles. The Morgan fingerprint density at radius 1 is 0.895 bits per heavy atom. The van der Waals surface area contributed by atoms with Crippen LogP contribution in [0.1, 0.15) is 24.8 Å². The van der Waals surface area contributed by atoms with E-state index in [0.29, 0.717) is 12.0 Å². The molecule has 1 aromatic rings. The van der Waals surface area contributed by atoms with Crippen molar-refractivity contribution in [2.75, 3.05) is 12.3 Å². The predicted molar refractivity (Wildman–Crippen MR) is 139 cm³/mol. The van der Waals surface area contributed by atoms with E-state index >= 15 is 0 Å². The second-order valence-corrected chi connectivity index (χ2v) is 8.59. The Kier molecular flexibility index (Phi) is 13.4. The van der Waals surface area contributed by atoms with E-state index in [2.05, 4.69) is 33.6 Å². The second-order valence-electron chi connectivity index (χ2n) is 8.23. The zero-order valence-electron chi connectivity index (χ0n) is 20.4. The number of guanidine groups is 1. The number of carboxylic acid groups (broad SMARTS) is 2. The van der Waals surface area contributed by atoms with Gasteiger partial charge in [0.05, 0.1) is 12.5 Å². The molecule has 0 aliphatic rings. The monoisotopic (exact) mass is 555 g/mol. The van der Waals surface area contributed by atoms with Crippen LogP contribution in [0.2, 0.25) is 0 Å². The predicted octanol–water partition coefficient (Wildman–Crippen LogP) is -2.74. The average molecular weight is 556 g/mol. The van der Waals surface area contributed by atoms with Crippen molar-refractivity contribution in [1.29, 1.82) is 0 Å². The number of nitrogens with one attached hydrogen (secondary N) is 3. The number of nitrogens with zero attached hydrogens (tertiary/aromatic N) is 1. The van der Waals surface area contributed by atoms with Gasteiger partial charge in [0.1, 0.15) is 23.9 Å². The Balaban J connectivity index is 2.97.